The van der Waals surface area contributed by atoms with E-state index in [4.69, 9.17) is 9.47 Å². The van der Waals surface area contributed by atoms with Gasteiger partial charge in [0.1, 0.15) is 11.3 Å². The molecule has 10 nitrogen and oxygen atoms in total. The second-order valence-corrected chi connectivity index (χ2v) is 9.04. The van der Waals surface area contributed by atoms with Crippen LogP contribution in [-0.2, 0) is 25.5 Å². The number of carbonyl (C=O) groups excluding carboxylic acids is 2. The quantitative estimate of drug-likeness (QED) is 0.295. The molecular formula is C22H33N3O7. The third-order valence-electron chi connectivity index (χ3n) is 5.01. The Hall–Kier alpha value is -2.72. The molecule has 32 heavy (non-hydrogen) atoms. The van der Waals surface area contributed by atoms with Gasteiger partial charge >= 0.3 is 5.97 Å². The van der Waals surface area contributed by atoms with Gasteiger partial charge in [0.2, 0.25) is 5.91 Å². The molecule has 1 saturated heterocycles. The van der Waals surface area contributed by atoms with Crippen LogP contribution in [0.4, 0.5) is 11.4 Å². The molecule has 3 N–H and O–H groups in total. The summed E-state index contributed by atoms with van der Waals surface area (Å²) in [5.74, 6) is -0.919. The summed E-state index contributed by atoms with van der Waals surface area (Å²) in [4.78, 5) is 35.8. The summed E-state index contributed by atoms with van der Waals surface area (Å²) in [6, 6.07) is 3.32. The van der Waals surface area contributed by atoms with Gasteiger partial charge in [-0.3, -0.25) is 14.9 Å². The van der Waals surface area contributed by atoms with Crippen molar-refractivity contribution >= 4 is 23.3 Å². The maximum absolute atomic E-state index is 12.5. The summed E-state index contributed by atoms with van der Waals surface area (Å²) in [5.41, 5.74) is -0.0922. The van der Waals surface area contributed by atoms with Crippen LogP contribution >= 0.6 is 0 Å². The number of carbonyl (C=O) groups is 2. The smallest absolute Gasteiger partial charge is 0.331 e. The van der Waals surface area contributed by atoms with E-state index in [2.05, 4.69) is 10.6 Å². The van der Waals surface area contributed by atoms with Crippen LogP contribution in [0.2, 0.25) is 0 Å². The minimum atomic E-state index is -1.24. The lowest BCUT2D eigenvalue weighted by molar-refractivity contribution is -0.384. The van der Waals surface area contributed by atoms with E-state index in [-0.39, 0.29) is 12.1 Å². The first-order valence-corrected chi connectivity index (χ1v) is 10.8. The highest BCUT2D eigenvalue weighted by molar-refractivity contribution is 5.86. The second kappa shape index (κ2) is 11.2. The zero-order chi connectivity index (χ0) is 23.9. The van der Waals surface area contributed by atoms with Crippen molar-refractivity contribution in [2.24, 2.45) is 5.92 Å². The lowest BCUT2D eigenvalue weighted by atomic mass is 10.00. The fourth-order valence-electron chi connectivity index (χ4n) is 3.34. The van der Waals surface area contributed by atoms with Gasteiger partial charge < -0.3 is 25.2 Å². The van der Waals surface area contributed by atoms with E-state index in [0.717, 1.165) is 12.8 Å². The maximum Gasteiger partial charge on any atom is 0.331 e. The number of ether oxygens (including phenoxy) is 2. The molecule has 2 rings (SSSR count). The SMILES string of the molecule is C[C@@H](O)[C@H](NC(=O)Cc1ccc(NCC2CCOCC2)c([N+](=O)[O-])c1)C(=O)OC(C)(C)C. The summed E-state index contributed by atoms with van der Waals surface area (Å²) >= 11 is 0. The van der Waals surface area contributed by atoms with E-state index in [1.807, 2.05) is 0 Å². The minimum absolute atomic E-state index is 0.124. The highest BCUT2D eigenvalue weighted by Crippen LogP contribution is 2.27. The Kier molecular flexibility index (Phi) is 8.97. The lowest BCUT2D eigenvalue weighted by Gasteiger charge is -2.26. The monoisotopic (exact) mass is 451 g/mol. The van der Waals surface area contributed by atoms with Crippen molar-refractivity contribution in [1.82, 2.24) is 5.32 Å². The van der Waals surface area contributed by atoms with Gasteiger partial charge in [0.25, 0.3) is 5.69 Å². The standard InChI is InChI=1S/C22H33N3O7/c1-14(26)20(21(28)32-22(2,3)4)24-19(27)12-16-5-6-17(18(11-16)25(29)30)23-13-15-7-9-31-10-8-15/h5-6,11,14-15,20,23,26H,7-10,12-13H2,1-4H3,(H,24,27)/t14-,20+/m1/s1. The molecule has 0 saturated carbocycles. The van der Waals surface area contributed by atoms with Gasteiger partial charge in [0.15, 0.2) is 6.04 Å². The summed E-state index contributed by atoms with van der Waals surface area (Å²) in [5, 5.41) is 27.0. The molecule has 1 aliphatic heterocycles. The van der Waals surface area contributed by atoms with Gasteiger partial charge in [0, 0.05) is 25.8 Å². The number of nitrogens with zero attached hydrogens (tertiary/aromatic N) is 1. The Balaban J connectivity index is 2.04. The second-order valence-electron chi connectivity index (χ2n) is 9.04. The van der Waals surface area contributed by atoms with Crippen LogP contribution in [0.15, 0.2) is 18.2 Å². The molecule has 2 atom stereocenters. The number of nitro groups is 1. The van der Waals surface area contributed by atoms with Crippen molar-refractivity contribution in [2.75, 3.05) is 25.1 Å². The van der Waals surface area contributed by atoms with Crippen molar-refractivity contribution in [3.63, 3.8) is 0 Å². The van der Waals surface area contributed by atoms with Crippen molar-refractivity contribution in [1.29, 1.82) is 0 Å². The molecule has 10 heteroatoms. The van der Waals surface area contributed by atoms with E-state index in [1.165, 1.54) is 13.0 Å². The van der Waals surface area contributed by atoms with Crippen molar-refractivity contribution in [2.45, 2.75) is 64.7 Å². The predicted molar refractivity (Wildman–Crippen MR) is 118 cm³/mol. The Morgan fingerprint density at radius 2 is 1.97 bits per heavy atom. The first kappa shape index (κ1) is 25.5. The number of nitro benzene ring substituents is 1. The molecule has 0 bridgehead atoms. The summed E-state index contributed by atoms with van der Waals surface area (Å²) < 4.78 is 10.6. The highest BCUT2D eigenvalue weighted by atomic mass is 16.6. The van der Waals surface area contributed by atoms with Crippen molar-refractivity contribution < 1.29 is 29.1 Å². The Morgan fingerprint density at radius 3 is 2.53 bits per heavy atom. The number of esters is 1. The third-order valence-corrected chi connectivity index (χ3v) is 5.01. The van der Waals surface area contributed by atoms with Crippen molar-refractivity contribution in [3.05, 3.63) is 33.9 Å². The van der Waals surface area contributed by atoms with Crippen LogP contribution in [0, 0.1) is 16.0 Å². The van der Waals surface area contributed by atoms with Gasteiger partial charge in [0.05, 0.1) is 17.4 Å². The van der Waals surface area contributed by atoms with E-state index < -0.39 is 34.5 Å². The van der Waals surface area contributed by atoms with Crippen LogP contribution in [0.5, 0.6) is 0 Å². The largest absolute Gasteiger partial charge is 0.458 e. The summed E-state index contributed by atoms with van der Waals surface area (Å²) in [6.45, 7) is 8.42. The lowest BCUT2D eigenvalue weighted by Crippen LogP contribution is -2.50. The first-order valence-electron chi connectivity index (χ1n) is 10.8. The number of hydrogen-bond acceptors (Lipinski definition) is 8. The van der Waals surface area contributed by atoms with E-state index >= 15 is 0 Å². The Morgan fingerprint density at radius 1 is 1.31 bits per heavy atom. The van der Waals surface area contributed by atoms with Crippen LogP contribution < -0.4 is 10.6 Å². The number of amides is 1. The Bertz CT molecular complexity index is 814. The maximum atomic E-state index is 12.5. The highest BCUT2D eigenvalue weighted by Gasteiger charge is 2.30. The molecule has 178 valence electrons. The molecular weight excluding hydrogens is 418 g/mol. The average Bonchev–Trinajstić information content (AvgIpc) is 2.70. The van der Waals surface area contributed by atoms with Gasteiger partial charge in [-0.2, -0.15) is 0 Å². The zero-order valence-electron chi connectivity index (χ0n) is 19.1. The fraction of sp³-hybridized carbons (Fsp3) is 0.636. The molecule has 0 aliphatic carbocycles. The number of nitrogens with one attached hydrogen (secondary N) is 2. The number of aliphatic hydroxyl groups is 1. The van der Waals surface area contributed by atoms with E-state index in [1.54, 1.807) is 32.9 Å². The van der Waals surface area contributed by atoms with Crippen LogP contribution in [-0.4, -0.2) is 59.4 Å². The summed E-state index contributed by atoms with van der Waals surface area (Å²) in [6.07, 6.45) is 0.454. The van der Waals surface area contributed by atoms with Crippen LogP contribution in [0.25, 0.3) is 0 Å². The van der Waals surface area contributed by atoms with Crippen LogP contribution in [0.1, 0.15) is 46.1 Å². The van der Waals surface area contributed by atoms with Gasteiger partial charge in [-0.1, -0.05) is 6.07 Å². The number of hydrogen-bond donors (Lipinski definition) is 3. The third kappa shape index (κ3) is 8.08. The molecule has 1 aliphatic rings. The minimum Gasteiger partial charge on any atom is -0.458 e. The molecule has 1 aromatic carbocycles. The Labute approximate surface area is 187 Å². The molecule has 0 unspecified atom stereocenters. The number of anilines is 1. The number of aliphatic hydroxyl groups excluding tert-OH is 1. The van der Waals surface area contributed by atoms with E-state index in [0.29, 0.717) is 36.9 Å². The topological polar surface area (TPSA) is 140 Å². The molecule has 0 aromatic heterocycles. The molecule has 1 aromatic rings. The fourth-order valence-corrected chi connectivity index (χ4v) is 3.34. The van der Waals surface area contributed by atoms with Crippen molar-refractivity contribution in [3.8, 4) is 0 Å². The normalized spacial score (nSPS) is 16.7. The number of benzene rings is 1. The van der Waals surface area contributed by atoms with Gasteiger partial charge in [-0.15, -0.1) is 0 Å². The molecule has 0 radical (unpaired) electrons. The van der Waals surface area contributed by atoms with Gasteiger partial charge in [-0.05, 0) is 58.1 Å². The molecule has 1 amide bonds. The zero-order valence-corrected chi connectivity index (χ0v) is 19.1. The van der Waals surface area contributed by atoms with Crippen LogP contribution in [0.3, 0.4) is 0 Å². The molecule has 1 heterocycles. The molecule has 0 spiro atoms. The van der Waals surface area contributed by atoms with Gasteiger partial charge in [-0.25, -0.2) is 4.79 Å². The average molecular weight is 452 g/mol. The molecule has 1 fully saturated rings. The summed E-state index contributed by atoms with van der Waals surface area (Å²) in [7, 11) is 0. The predicted octanol–water partition coefficient (Wildman–Crippen LogP) is 2.18. The first-order chi connectivity index (χ1) is 15.0. The van der Waals surface area contributed by atoms with E-state index in [9.17, 15) is 24.8 Å². The number of rotatable bonds is 9.